The number of ether oxygens (including phenoxy) is 1. The highest BCUT2D eigenvalue weighted by Gasteiger charge is 2.39. The first-order valence-corrected chi connectivity index (χ1v) is 7.48. The highest BCUT2D eigenvalue weighted by molar-refractivity contribution is 6.38. The van der Waals surface area contributed by atoms with Crippen molar-refractivity contribution in [3.8, 4) is 11.4 Å². The summed E-state index contributed by atoms with van der Waals surface area (Å²) in [4.78, 5) is 4.49. The van der Waals surface area contributed by atoms with Crippen molar-refractivity contribution in [2.45, 2.75) is 18.3 Å². The molecule has 2 aromatic rings. The molecule has 1 aromatic heterocycles. The van der Waals surface area contributed by atoms with Crippen molar-refractivity contribution in [1.29, 1.82) is 0 Å². The van der Waals surface area contributed by atoms with E-state index in [0.29, 0.717) is 47.1 Å². The van der Waals surface area contributed by atoms with E-state index < -0.39 is 0 Å². The molecule has 1 saturated heterocycles. The van der Waals surface area contributed by atoms with Crippen LogP contribution in [0.4, 0.5) is 0 Å². The van der Waals surface area contributed by atoms with E-state index in [2.05, 4.69) is 10.1 Å². The zero-order chi connectivity index (χ0) is 14.9. The summed E-state index contributed by atoms with van der Waals surface area (Å²) in [5.41, 5.74) is 6.20. The fourth-order valence-corrected chi connectivity index (χ4v) is 3.09. The third-order valence-electron chi connectivity index (χ3n) is 3.91. The number of nitrogens with two attached hydrogens (primary N) is 1. The lowest BCUT2D eigenvalue weighted by molar-refractivity contribution is 0.0409. The van der Waals surface area contributed by atoms with Crippen LogP contribution in [0.1, 0.15) is 18.7 Å². The standard InChI is InChI=1S/C14H15Cl2N3O2.ClH/c15-9-2-1-3-10(16)11(9)12-18-13(21-19-12)14(8-17)4-6-20-7-5-14;/h1-3H,4-8,17H2;1H. The zero-order valence-electron chi connectivity index (χ0n) is 11.7. The lowest BCUT2D eigenvalue weighted by Gasteiger charge is -2.32. The van der Waals surface area contributed by atoms with Crippen LogP contribution in [0.5, 0.6) is 0 Å². The van der Waals surface area contributed by atoms with E-state index >= 15 is 0 Å². The van der Waals surface area contributed by atoms with Gasteiger partial charge >= 0.3 is 0 Å². The maximum Gasteiger partial charge on any atom is 0.234 e. The minimum Gasteiger partial charge on any atom is -0.381 e. The monoisotopic (exact) mass is 363 g/mol. The van der Waals surface area contributed by atoms with E-state index in [1.807, 2.05) is 0 Å². The number of hydrogen-bond donors (Lipinski definition) is 1. The molecule has 0 saturated carbocycles. The minimum absolute atomic E-state index is 0. The molecule has 0 radical (unpaired) electrons. The average Bonchev–Trinajstić information content (AvgIpc) is 2.98. The zero-order valence-corrected chi connectivity index (χ0v) is 14.0. The van der Waals surface area contributed by atoms with E-state index in [0.717, 1.165) is 12.8 Å². The highest BCUT2D eigenvalue weighted by Crippen LogP contribution is 2.37. The fourth-order valence-electron chi connectivity index (χ4n) is 2.52. The Morgan fingerprint density at radius 3 is 2.41 bits per heavy atom. The van der Waals surface area contributed by atoms with Crippen LogP contribution >= 0.6 is 35.6 Å². The smallest absolute Gasteiger partial charge is 0.234 e. The lowest BCUT2D eigenvalue weighted by atomic mass is 9.80. The van der Waals surface area contributed by atoms with Gasteiger partial charge in [-0.15, -0.1) is 12.4 Å². The van der Waals surface area contributed by atoms with Gasteiger partial charge in [0.25, 0.3) is 0 Å². The molecule has 8 heteroatoms. The summed E-state index contributed by atoms with van der Waals surface area (Å²) in [7, 11) is 0. The molecular weight excluding hydrogens is 349 g/mol. The number of halogens is 3. The first kappa shape index (κ1) is 17.5. The van der Waals surface area contributed by atoms with Crippen molar-refractivity contribution in [2.75, 3.05) is 19.8 Å². The Morgan fingerprint density at radius 2 is 1.82 bits per heavy atom. The average molecular weight is 365 g/mol. The van der Waals surface area contributed by atoms with Crippen LogP contribution in [0, 0.1) is 0 Å². The lowest BCUT2D eigenvalue weighted by Crippen LogP contribution is -2.40. The van der Waals surface area contributed by atoms with Gasteiger partial charge < -0.3 is 15.0 Å². The summed E-state index contributed by atoms with van der Waals surface area (Å²) >= 11 is 12.4. The second-order valence-electron chi connectivity index (χ2n) is 5.12. The molecule has 1 aliphatic rings. The van der Waals surface area contributed by atoms with Crippen LogP contribution < -0.4 is 5.73 Å². The molecule has 2 heterocycles. The third-order valence-corrected chi connectivity index (χ3v) is 4.54. The van der Waals surface area contributed by atoms with Gasteiger partial charge in [0, 0.05) is 19.8 Å². The predicted molar refractivity (Wildman–Crippen MR) is 87.8 cm³/mol. The number of benzene rings is 1. The van der Waals surface area contributed by atoms with Crippen LogP contribution in [0.2, 0.25) is 10.0 Å². The molecule has 22 heavy (non-hydrogen) atoms. The van der Waals surface area contributed by atoms with Crippen molar-refractivity contribution in [3.05, 3.63) is 34.1 Å². The first-order chi connectivity index (χ1) is 10.2. The molecule has 1 aliphatic heterocycles. The number of aromatic nitrogens is 2. The molecule has 120 valence electrons. The molecule has 0 unspecified atom stereocenters. The molecule has 5 nitrogen and oxygen atoms in total. The maximum absolute atomic E-state index is 6.18. The van der Waals surface area contributed by atoms with Gasteiger partial charge in [0.05, 0.1) is 21.0 Å². The van der Waals surface area contributed by atoms with E-state index in [4.69, 9.17) is 38.2 Å². The summed E-state index contributed by atoms with van der Waals surface area (Å²) in [6.07, 6.45) is 1.53. The molecule has 1 fully saturated rings. The molecule has 1 aromatic carbocycles. The summed E-state index contributed by atoms with van der Waals surface area (Å²) < 4.78 is 10.8. The van der Waals surface area contributed by atoms with Gasteiger partial charge in [-0.25, -0.2) is 0 Å². The molecule has 0 atom stereocenters. The van der Waals surface area contributed by atoms with Crippen LogP contribution in [0.3, 0.4) is 0 Å². The Balaban J connectivity index is 0.00000176. The molecule has 0 bridgehead atoms. The largest absolute Gasteiger partial charge is 0.381 e. The summed E-state index contributed by atoms with van der Waals surface area (Å²) in [6, 6.07) is 5.26. The highest BCUT2D eigenvalue weighted by atomic mass is 35.5. The van der Waals surface area contributed by atoms with Crippen molar-refractivity contribution in [3.63, 3.8) is 0 Å². The number of hydrogen-bond acceptors (Lipinski definition) is 5. The van der Waals surface area contributed by atoms with Crippen LogP contribution in [0.25, 0.3) is 11.4 Å². The Labute approximate surface area is 144 Å². The van der Waals surface area contributed by atoms with Crippen molar-refractivity contribution >= 4 is 35.6 Å². The predicted octanol–water partition coefficient (Wildman–Crippen LogP) is 3.47. The molecular formula is C14H16Cl3N3O2. The maximum atomic E-state index is 6.18. The fraction of sp³-hybridized carbons (Fsp3) is 0.429. The van der Waals surface area contributed by atoms with E-state index in [-0.39, 0.29) is 17.8 Å². The van der Waals surface area contributed by atoms with Gasteiger partial charge in [0.15, 0.2) is 0 Å². The van der Waals surface area contributed by atoms with Crippen molar-refractivity contribution in [1.82, 2.24) is 10.1 Å². The van der Waals surface area contributed by atoms with Crippen molar-refractivity contribution < 1.29 is 9.26 Å². The third kappa shape index (κ3) is 3.09. The molecule has 3 rings (SSSR count). The van der Waals surface area contributed by atoms with Gasteiger partial charge in [-0.3, -0.25) is 0 Å². The van der Waals surface area contributed by atoms with Gasteiger partial charge in [-0.2, -0.15) is 4.98 Å². The van der Waals surface area contributed by atoms with E-state index in [9.17, 15) is 0 Å². The molecule has 2 N–H and O–H groups in total. The second kappa shape index (κ2) is 7.15. The van der Waals surface area contributed by atoms with Crippen LogP contribution in [-0.2, 0) is 10.2 Å². The summed E-state index contributed by atoms with van der Waals surface area (Å²) in [6.45, 7) is 1.72. The Kier molecular flexibility index (Phi) is 5.69. The Bertz CT molecular complexity index is 622. The van der Waals surface area contributed by atoms with Gasteiger partial charge in [-0.1, -0.05) is 34.4 Å². The van der Waals surface area contributed by atoms with E-state index in [1.54, 1.807) is 18.2 Å². The SMILES string of the molecule is Cl.NCC1(c2nc(-c3c(Cl)cccc3Cl)no2)CCOCC1. The van der Waals surface area contributed by atoms with E-state index in [1.165, 1.54) is 0 Å². The van der Waals surface area contributed by atoms with Gasteiger partial charge in [0.2, 0.25) is 11.7 Å². The van der Waals surface area contributed by atoms with Crippen LogP contribution in [-0.4, -0.2) is 29.9 Å². The number of nitrogens with zero attached hydrogens (tertiary/aromatic N) is 2. The van der Waals surface area contributed by atoms with Gasteiger partial charge in [-0.05, 0) is 25.0 Å². The van der Waals surface area contributed by atoms with Gasteiger partial charge in [0.1, 0.15) is 0 Å². The minimum atomic E-state index is -0.322. The quantitative estimate of drug-likeness (QED) is 0.902. The molecule has 0 amide bonds. The Morgan fingerprint density at radius 1 is 1.18 bits per heavy atom. The Hall–Kier alpha value is -0.850. The molecule has 0 spiro atoms. The summed E-state index contributed by atoms with van der Waals surface area (Å²) in [5, 5.41) is 5.00. The second-order valence-corrected chi connectivity index (χ2v) is 5.93. The summed E-state index contributed by atoms with van der Waals surface area (Å²) in [5.74, 6) is 0.916. The van der Waals surface area contributed by atoms with Crippen molar-refractivity contribution in [2.24, 2.45) is 5.73 Å². The van der Waals surface area contributed by atoms with Crippen LogP contribution in [0.15, 0.2) is 22.7 Å². The molecule has 0 aliphatic carbocycles. The normalized spacial score (nSPS) is 17.0. The number of rotatable bonds is 3. The topological polar surface area (TPSA) is 74.2 Å². The first-order valence-electron chi connectivity index (χ1n) is 6.73.